The lowest BCUT2D eigenvalue weighted by atomic mass is 10.8. The Labute approximate surface area is 44.4 Å². The van der Waals surface area contributed by atoms with E-state index >= 15 is 0 Å². The average Bonchev–Trinajstić information content (AvgIpc) is 1.69. The summed E-state index contributed by atoms with van der Waals surface area (Å²) < 4.78 is 0. The van der Waals surface area contributed by atoms with E-state index in [0.29, 0.717) is 0 Å². The van der Waals surface area contributed by atoms with Gasteiger partial charge in [0.1, 0.15) is 0 Å². The third-order valence-electron chi connectivity index (χ3n) is 0.0833. The van der Waals surface area contributed by atoms with Crippen molar-refractivity contribution in [1.82, 2.24) is 0 Å². The first kappa shape index (κ1) is 9.47. The number of hydrogen-bond donors (Lipinski definition) is 0. The average molecular weight is 97.1 g/mol. The molecule has 0 aromatic carbocycles. The van der Waals surface area contributed by atoms with E-state index in [4.69, 9.17) is 4.79 Å². The Balaban J connectivity index is 0. The zero-order valence-corrected chi connectivity index (χ0v) is 4.48. The first-order valence-electron chi connectivity index (χ1n) is 1.89. The number of hydrogen-bond acceptors (Lipinski definition) is 1. The predicted molar refractivity (Wildman–Crippen MR) is 31.8 cm³/mol. The zero-order valence-electron chi connectivity index (χ0n) is 4.48. The molecule has 0 heterocycles. The summed E-state index contributed by atoms with van der Waals surface area (Å²) in [6.45, 7) is 8.31. The molecule has 0 aliphatic heterocycles. The maximum atomic E-state index is 8.93. The van der Waals surface area contributed by atoms with Gasteiger partial charge >= 0.3 is 0 Å². The van der Waals surface area contributed by atoms with Crippen molar-refractivity contribution in [1.29, 1.82) is 0 Å². The molecule has 0 spiro atoms. The van der Waals surface area contributed by atoms with Crippen LogP contribution in [0.25, 0.3) is 0 Å². The second kappa shape index (κ2) is 19.2. The van der Waals surface area contributed by atoms with Crippen LogP contribution < -0.4 is 0 Å². The van der Waals surface area contributed by atoms with Gasteiger partial charge in [0, 0.05) is 0 Å². The van der Waals surface area contributed by atoms with Crippen molar-refractivity contribution in [3.05, 3.63) is 25.3 Å². The molecule has 0 saturated heterocycles. The molecule has 1 radical (unpaired) electrons. The summed E-state index contributed by atoms with van der Waals surface area (Å²) in [7, 11) is 0. The van der Waals surface area contributed by atoms with Gasteiger partial charge in [-0.05, 0) is 13.0 Å². The molecule has 7 heavy (non-hydrogen) atoms. The van der Waals surface area contributed by atoms with Crippen molar-refractivity contribution in [3.63, 3.8) is 0 Å². The standard InChI is InChI=1S/C3H3O.C3H6/c1-2-3-4;1-3-2/h2H,1H2;3H,1H2,2H3. The number of allylic oxidation sites excluding steroid dienone is 2. The largest absolute Gasteiger partial charge is 0.286 e. The highest BCUT2D eigenvalue weighted by Gasteiger charge is 1.42. The highest BCUT2D eigenvalue weighted by atomic mass is 16.1. The highest BCUT2D eigenvalue weighted by Crippen LogP contribution is 1.38. The Morgan fingerprint density at radius 1 is 1.57 bits per heavy atom. The summed E-state index contributed by atoms with van der Waals surface area (Å²) >= 11 is 0. The summed E-state index contributed by atoms with van der Waals surface area (Å²) in [4.78, 5) is 8.93. The molecule has 0 aliphatic rings. The molecule has 0 saturated carbocycles. The van der Waals surface area contributed by atoms with E-state index in [0.717, 1.165) is 6.08 Å². The molecule has 0 fully saturated rings. The van der Waals surface area contributed by atoms with Gasteiger partial charge in [0.2, 0.25) is 6.29 Å². The van der Waals surface area contributed by atoms with Crippen molar-refractivity contribution in [3.8, 4) is 0 Å². The van der Waals surface area contributed by atoms with Crippen LogP contribution >= 0.6 is 0 Å². The Morgan fingerprint density at radius 2 is 1.71 bits per heavy atom. The summed E-state index contributed by atoms with van der Waals surface area (Å²) in [5.41, 5.74) is 0. The van der Waals surface area contributed by atoms with Gasteiger partial charge < -0.3 is 0 Å². The molecule has 1 heteroatoms. The fourth-order valence-electron chi connectivity index (χ4n) is 0. The minimum atomic E-state index is 1.07. The fourth-order valence-corrected chi connectivity index (χ4v) is 0. The summed E-state index contributed by atoms with van der Waals surface area (Å²) in [6, 6.07) is 0. The van der Waals surface area contributed by atoms with Crippen LogP contribution in [0.5, 0.6) is 0 Å². The predicted octanol–water partition coefficient (Wildman–Crippen LogP) is 1.47. The van der Waals surface area contributed by atoms with E-state index in [-0.39, 0.29) is 0 Å². The van der Waals surface area contributed by atoms with Gasteiger partial charge in [-0.25, -0.2) is 0 Å². The topological polar surface area (TPSA) is 17.1 Å². The van der Waals surface area contributed by atoms with E-state index in [1.165, 1.54) is 6.29 Å². The molecule has 0 bridgehead atoms. The first-order valence-corrected chi connectivity index (χ1v) is 1.89. The SMILES string of the molecule is C=CC.C=C[C]=O. The van der Waals surface area contributed by atoms with Crippen LogP contribution in [0.2, 0.25) is 0 Å². The molecule has 0 N–H and O–H groups in total. The minimum absolute atomic E-state index is 1.07. The van der Waals surface area contributed by atoms with Crippen LogP contribution in [0, 0.1) is 0 Å². The molecule has 0 aliphatic carbocycles. The van der Waals surface area contributed by atoms with Gasteiger partial charge in [-0.2, -0.15) is 0 Å². The second-order valence-electron chi connectivity index (χ2n) is 0.730. The maximum Gasteiger partial charge on any atom is 0.225 e. The smallest absolute Gasteiger partial charge is 0.225 e. The van der Waals surface area contributed by atoms with E-state index in [9.17, 15) is 0 Å². The van der Waals surface area contributed by atoms with Crippen molar-refractivity contribution < 1.29 is 4.79 Å². The summed E-state index contributed by atoms with van der Waals surface area (Å²) in [6.07, 6.45) is 4.26. The fraction of sp³-hybridized carbons (Fsp3) is 0.167. The lowest BCUT2D eigenvalue weighted by Crippen LogP contribution is -1.44. The van der Waals surface area contributed by atoms with Crippen LogP contribution in [0.1, 0.15) is 6.92 Å². The normalized spacial score (nSPS) is 4.71. The third kappa shape index (κ3) is 2270. The van der Waals surface area contributed by atoms with Crippen LogP contribution in [0.4, 0.5) is 0 Å². The van der Waals surface area contributed by atoms with E-state index in [1.54, 1.807) is 6.08 Å². The van der Waals surface area contributed by atoms with Gasteiger partial charge in [-0.1, -0.05) is 12.7 Å². The van der Waals surface area contributed by atoms with Crippen molar-refractivity contribution >= 4 is 6.29 Å². The second-order valence-corrected chi connectivity index (χ2v) is 0.730. The van der Waals surface area contributed by atoms with Gasteiger partial charge in [0.15, 0.2) is 0 Å². The molecule has 0 atom stereocenters. The first-order chi connectivity index (χ1) is 3.33. The summed E-state index contributed by atoms with van der Waals surface area (Å²) in [5.74, 6) is 0. The Hall–Kier alpha value is -0.850. The van der Waals surface area contributed by atoms with Crippen LogP contribution in [0.3, 0.4) is 0 Å². The molecule has 0 unspecified atom stereocenters. The lowest BCUT2D eigenvalue weighted by molar-refractivity contribution is 0.564. The Kier molecular flexibility index (Phi) is 26.0. The monoisotopic (exact) mass is 97.1 g/mol. The quantitative estimate of drug-likeness (QED) is 0.357. The summed E-state index contributed by atoms with van der Waals surface area (Å²) in [5, 5.41) is 0. The molecular weight excluding hydrogens is 88.1 g/mol. The zero-order chi connectivity index (χ0) is 6.12. The van der Waals surface area contributed by atoms with Crippen molar-refractivity contribution in [2.24, 2.45) is 0 Å². The van der Waals surface area contributed by atoms with Crippen LogP contribution in [-0.4, -0.2) is 6.29 Å². The molecule has 1 nitrogen and oxygen atoms in total. The van der Waals surface area contributed by atoms with Crippen LogP contribution in [-0.2, 0) is 4.79 Å². The molecule has 0 aromatic heterocycles. The van der Waals surface area contributed by atoms with Crippen molar-refractivity contribution in [2.45, 2.75) is 6.92 Å². The van der Waals surface area contributed by atoms with Crippen molar-refractivity contribution in [2.75, 3.05) is 0 Å². The maximum absolute atomic E-state index is 8.93. The highest BCUT2D eigenvalue weighted by molar-refractivity contribution is 5.64. The molecule has 0 amide bonds. The van der Waals surface area contributed by atoms with E-state index in [1.807, 2.05) is 6.92 Å². The number of rotatable bonds is 1. The van der Waals surface area contributed by atoms with Gasteiger partial charge in [-0.3, -0.25) is 4.79 Å². The molecular formula is C6H9O. The number of carbonyl (C=O) groups excluding carboxylic acids is 1. The van der Waals surface area contributed by atoms with Crippen LogP contribution in [0.15, 0.2) is 25.3 Å². The minimum Gasteiger partial charge on any atom is -0.286 e. The molecule has 0 aromatic rings. The third-order valence-corrected chi connectivity index (χ3v) is 0.0833. The van der Waals surface area contributed by atoms with Gasteiger partial charge in [0.05, 0.1) is 0 Å². The Bertz CT molecular complexity index is 49.2. The van der Waals surface area contributed by atoms with E-state index < -0.39 is 0 Å². The molecule has 39 valence electrons. The van der Waals surface area contributed by atoms with Gasteiger partial charge in [-0.15, -0.1) is 6.58 Å². The lowest BCUT2D eigenvalue weighted by Gasteiger charge is -1.34. The van der Waals surface area contributed by atoms with Gasteiger partial charge in [0.25, 0.3) is 0 Å². The Morgan fingerprint density at radius 3 is 1.71 bits per heavy atom. The molecule has 0 rings (SSSR count). The van der Waals surface area contributed by atoms with E-state index in [2.05, 4.69) is 13.2 Å².